The molecule has 0 amide bonds. The highest BCUT2D eigenvalue weighted by molar-refractivity contribution is 7.99. The molecule has 0 saturated carbocycles. The summed E-state index contributed by atoms with van der Waals surface area (Å²) in [7, 11) is 0. The van der Waals surface area contributed by atoms with Crippen molar-refractivity contribution in [3.8, 4) is 11.6 Å². The van der Waals surface area contributed by atoms with Crippen molar-refractivity contribution in [1.29, 1.82) is 0 Å². The third kappa shape index (κ3) is 2.10. The Bertz CT molecular complexity index is 397. The molecule has 0 aliphatic rings. The van der Waals surface area contributed by atoms with Crippen molar-refractivity contribution in [3.63, 3.8) is 0 Å². The summed E-state index contributed by atoms with van der Waals surface area (Å²) in [6, 6.07) is 0. The predicted octanol–water partition coefficient (Wildman–Crippen LogP) is 2.09. The van der Waals surface area contributed by atoms with Gasteiger partial charge in [-0.3, -0.25) is 0 Å². The average Bonchev–Trinajstić information content (AvgIpc) is 2.69. The normalized spacial score (nSPS) is 11.1. The van der Waals surface area contributed by atoms with Gasteiger partial charge in [0, 0.05) is 10.6 Å². The summed E-state index contributed by atoms with van der Waals surface area (Å²) in [6.45, 7) is 4.14. The van der Waals surface area contributed by atoms with E-state index in [0.717, 1.165) is 0 Å². The molecule has 2 aromatic rings. The van der Waals surface area contributed by atoms with E-state index in [1.54, 1.807) is 5.38 Å². The zero-order valence-electron chi connectivity index (χ0n) is 7.67. The van der Waals surface area contributed by atoms with Crippen LogP contribution in [-0.4, -0.2) is 25.0 Å². The van der Waals surface area contributed by atoms with Gasteiger partial charge in [0.05, 0.1) is 0 Å². The molecule has 0 atom stereocenters. The Morgan fingerprint density at radius 3 is 2.86 bits per heavy atom. The summed E-state index contributed by atoms with van der Waals surface area (Å²) < 4.78 is 9.11. The number of aromatic nitrogens is 4. The lowest BCUT2D eigenvalue weighted by Crippen LogP contribution is -1.84. The molecule has 0 aromatic carbocycles. The van der Waals surface area contributed by atoms with Gasteiger partial charge in [0.15, 0.2) is 5.69 Å². The van der Waals surface area contributed by atoms with Crippen LogP contribution in [0.15, 0.2) is 15.0 Å². The molecule has 2 aromatic heterocycles. The zero-order valence-corrected chi connectivity index (χ0v) is 9.30. The second kappa shape index (κ2) is 4.05. The standard InChI is InChI=1S/C7H8N4OS2/c1-4(2)14-7-10-9-6(12-7)5-3-13-11-8-5/h3-4H,1-2H3. The van der Waals surface area contributed by atoms with Crippen molar-refractivity contribution in [3.05, 3.63) is 5.38 Å². The van der Waals surface area contributed by atoms with Gasteiger partial charge >= 0.3 is 0 Å². The van der Waals surface area contributed by atoms with E-state index in [4.69, 9.17) is 4.42 Å². The molecular weight excluding hydrogens is 220 g/mol. The average molecular weight is 228 g/mol. The maximum Gasteiger partial charge on any atom is 0.277 e. The Hall–Kier alpha value is -0.950. The smallest absolute Gasteiger partial charge is 0.277 e. The van der Waals surface area contributed by atoms with Crippen molar-refractivity contribution in [2.45, 2.75) is 24.3 Å². The fourth-order valence-corrected chi connectivity index (χ4v) is 1.87. The predicted molar refractivity (Wildman–Crippen MR) is 54.2 cm³/mol. The summed E-state index contributed by atoms with van der Waals surface area (Å²) in [5, 5.41) is 14.4. The van der Waals surface area contributed by atoms with E-state index in [1.165, 1.54) is 23.3 Å². The second-order valence-corrected chi connectivity index (χ2v) is 4.97. The molecule has 74 valence electrons. The lowest BCUT2D eigenvalue weighted by Gasteiger charge is -1.95. The lowest BCUT2D eigenvalue weighted by atomic mass is 10.5. The molecule has 5 nitrogen and oxygen atoms in total. The minimum absolute atomic E-state index is 0.428. The molecule has 0 saturated heterocycles. The summed E-state index contributed by atoms with van der Waals surface area (Å²) in [6.07, 6.45) is 0. The maximum atomic E-state index is 5.38. The van der Waals surface area contributed by atoms with E-state index in [9.17, 15) is 0 Å². The molecule has 0 fully saturated rings. The summed E-state index contributed by atoms with van der Waals surface area (Å²) >= 11 is 2.79. The quantitative estimate of drug-likeness (QED) is 0.749. The van der Waals surface area contributed by atoms with Crippen LogP contribution < -0.4 is 0 Å². The monoisotopic (exact) mass is 228 g/mol. The minimum atomic E-state index is 0.428. The Morgan fingerprint density at radius 1 is 1.36 bits per heavy atom. The fourth-order valence-electron chi connectivity index (χ4n) is 0.820. The van der Waals surface area contributed by atoms with Crippen LogP contribution in [0.3, 0.4) is 0 Å². The Balaban J connectivity index is 2.18. The maximum absolute atomic E-state index is 5.38. The molecule has 0 N–H and O–H groups in total. The lowest BCUT2D eigenvalue weighted by molar-refractivity contribution is 0.464. The zero-order chi connectivity index (χ0) is 9.97. The van der Waals surface area contributed by atoms with Gasteiger partial charge in [-0.25, -0.2) is 0 Å². The van der Waals surface area contributed by atoms with E-state index in [0.29, 0.717) is 22.1 Å². The molecule has 0 radical (unpaired) electrons. The van der Waals surface area contributed by atoms with E-state index in [-0.39, 0.29) is 0 Å². The van der Waals surface area contributed by atoms with E-state index in [1.807, 2.05) is 0 Å². The molecule has 0 aliphatic heterocycles. The van der Waals surface area contributed by atoms with Crippen molar-refractivity contribution >= 4 is 23.3 Å². The van der Waals surface area contributed by atoms with Crippen LogP contribution in [0.1, 0.15) is 13.8 Å². The largest absolute Gasteiger partial charge is 0.409 e. The highest BCUT2D eigenvalue weighted by atomic mass is 32.2. The van der Waals surface area contributed by atoms with E-state index >= 15 is 0 Å². The van der Waals surface area contributed by atoms with Crippen LogP contribution in [0, 0.1) is 0 Å². The van der Waals surface area contributed by atoms with Gasteiger partial charge in [0.1, 0.15) is 0 Å². The van der Waals surface area contributed by atoms with Crippen LogP contribution in [0.5, 0.6) is 0 Å². The Morgan fingerprint density at radius 2 is 2.21 bits per heavy atom. The number of nitrogens with zero attached hydrogens (tertiary/aromatic N) is 4. The van der Waals surface area contributed by atoms with Gasteiger partial charge < -0.3 is 4.42 Å². The Kier molecular flexibility index (Phi) is 2.78. The third-order valence-electron chi connectivity index (χ3n) is 1.32. The minimum Gasteiger partial charge on any atom is -0.409 e. The van der Waals surface area contributed by atoms with Gasteiger partial charge in [0.25, 0.3) is 11.1 Å². The molecule has 0 aliphatic carbocycles. The fraction of sp³-hybridized carbons (Fsp3) is 0.429. The first kappa shape index (κ1) is 9.60. The van der Waals surface area contributed by atoms with E-state index in [2.05, 4.69) is 33.6 Å². The van der Waals surface area contributed by atoms with Gasteiger partial charge in [-0.05, 0) is 11.5 Å². The van der Waals surface area contributed by atoms with Crippen LogP contribution >= 0.6 is 23.3 Å². The molecular formula is C7H8N4OS2. The van der Waals surface area contributed by atoms with E-state index < -0.39 is 0 Å². The van der Waals surface area contributed by atoms with Crippen LogP contribution in [0.25, 0.3) is 11.6 Å². The van der Waals surface area contributed by atoms with Crippen molar-refractivity contribution in [1.82, 2.24) is 19.8 Å². The van der Waals surface area contributed by atoms with Crippen molar-refractivity contribution in [2.75, 3.05) is 0 Å². The molecule has 0 unspecified atom stereocenters. The first-order chi connectivity index (χ1) is 6.75. The van der Waals surface area contributed by atoms with Crippen LogP contribution in [0.4, 0.5) is 0 Å². The topological polar surface area (TPSA) is 64.7 Å². The number of thioether (sulfide) groups is 1. The molecule has 0 bridgehead atoms. The molecule has 7 heteroatoms. The number of hydrogen-bond acceptors (Lipinski definition) is 7. The first-order valence-electron chi connectivity index (χ1n) is 4.03. The molecule has 2 heterocycles. The highest BCUT2D eigenvalue weighted by Gasteiger charge is 2.11. The summed E-state index contributed by atoms with van der Waals surface area (Å²) in [4.78, 5) is 0. The summed E-state index contributed by atoms with van der Waals surface area (Å²) in [5.74, 6) is 0.432. The SMILES string of the molecule is CC(C)Sc1nnc(-c2csnn2)o1. The van der Waals surface area contributed by atoms with Crippen molar-refractivity contribution in [2.24, 2.45) is 0 Å². The Labute approximate surface area is 89.1 Å². The third-order valence-corrected chi connectivity index (χ3v) is 2.66. The number of rotatable bonds is 3. The summed E-state index contributed by atoms with van der Waals surface area (Å²) in [5.41, 5.74) is 0.637. The first-order valence-corrected chi connectivity index (χ1v) is 5.75. The van der Waals surface area contributed by atoms with Crippen LogP contribution in [-0.2, 0) is 0 Å². The highest BCUT2D eigenvalue weighted by Crippen LogP contribution is 2.24. The molecule has 0 spiro atoms. The van der Waals surface area contributed by atoms with Gasteiger partial charge in [0.2, 0.25) is 0 Å². The van der Waals surface area contributed by atoms with Gasteiger partial charge in [-0.1, -0.05) is 30.1 Å². The second-order valence-electron chi connectivity index (χ2n) is 2.83. The molecule has 2 rings (SSSR count). The van der Waals surface area contributed by atoms with Crippen LogP contribution in [0.2, 0.25) is 0 Å². The van der Waals surface area contributed by atoms with Gasteiger partial charge in [-0.15, -0.1) is 15.3 Å². The number of hydrogen-bond donors (Lipinski definition) is 0. The van der Waals surface area contributed by atoms with Gasteiger partial charge in [-0.2, -0.15) is 0 Å². The molecule has 14 heavy (non-hydrogen) atoms. The van der Waals surface area contributed by atoms with Crippen molar-refractivity contribution < 1.29 is 4.42 Å².